The molecule has 3 aromatic rings. The maximum atomic E-state index is 12.0. The van der Waals surface area contributed by atoms with E-state index in [2.05, 4.69) is 10.5 Å². The fourth-order valence-electron chi connectivity index (χ4n) is 2.61. The van der Waals surface area contributed by atoms with Gasteiger partial charge in [0.2, 0.25) is 0 Å². The van der Waals surface area contributed by atoms with E-state index in [1.807, 2.05) is 80.6 Å². The van der Waals surface area contributed by atoms with E-state index in [1.165, 1.54) is 0 Å². The van der Waals surface area contributed by atoms with Crippen molar-refractivity contribution in [3.63, 3.8) is 0 Å². The van der Waals surface area contributed by atoms with Gasteiger partial charge < -0.3 is 9.47 Å². The van der Waals surface area contributed by atoms with Crippen molar-refractivity contribution in [2.75, 3.05) is 13.2 Å². The summed E-state index contributed by atoms with van der Waals surface area (Å²) in [6, 6.07) is 21.3. The van der Waals surface area contributed by atoms with Crippen LogP contribution in [0.25, 0.3) is 10.8 Å². The van der Waals surface area contributed by atoms with Crippen LogP contribution < -0.4 is 14.9 Å². The van der Waals surface area contributed by atoms with E-state index in [0.717, 1.165) is 22.1 Å². The zero-order valence-electron chi connectivity index (χ0n) is 15.4. The minimum Gasteiger partial charge on any atom is -0.494 e. The highest BCUT2D eigenvalue weighted by Crippen LogP contribution is 2.20. The van der Waals surface area contributed by atoms with Gasteiger partial charge in [0, 0.05) is 0 Å². The molecule has 0 saturated carbocycles. The van der Waals surface area contributed by atoms with Gasteiger partial charge in [0.05, 0.1) is 12.3 Å². The fraction of sp³-hybridized carbons (Fsp3) is 0.182. The lowest BCUT2D eigenvalue weighted by Crippen LogP contribution is -2.25. The minimum atomic E-state index is -0.312. The molecule has 0 saturated heterocycles. The zero-order valence-corrected chi connectivity index (χ0v) is 15.4. The van der Waals surface area contributed by atoms with E-state index in [1.54, 1.807) is 0 Å². The van der Waals surface area contributed by atoms with Gasteiger partial charge in [-0.1, -0.05) is 30.3 Å². The van der Waals surface area contributed by atoms with Crippen molar-refractivity contribution in [3.05, 3.63) is 72.3 Å². The molecule has 0 radical (unpaired) electrons. The zero-order chi connectivity index (χ0) is 19.1. The Morgan fingerprint density at radius 3 is 2.37 bits per heavy atom. The highest BCUT2D eigenvalue weighted by atomic mass is 16.5. The summed E-state index contributed by atoms with van der Waals surface area (Å²) in [5.41, 5.74) is 4.14. The number of fused-ring (bicyclic) bond motifs is 1. The lowest BCUT2D eigenvalue weighted by Gasteiger charge is -2.07. The average Bonchev–Trinajstić information content (AvgIpc) is 2.71. The largest absolute Gasteiger partial charge is 0.494 e. The molecule has 5 nitrogen and oxygen atoms in total. The molecule has 0 heterocycles. The van der Waals surface area contributed by atoms with Crippen molar-refractivity contribution in [1.29, 1.82) is 0 Å². The summed E-state index contributed by atoms with van der Waals surface area (Å²) in [5, 5.41) is 6.33. The van der Waals surface area contributed by atoms with Crippen molar-refractivity contribution in [1.82, 2.24) is 5.43 Å². The van der Waals surface area contributed by atoms with Crippen LogP contribution in [0.3, 0.4) is 0 Å². The molecule has 0 aromatic heterocycles. The van der Waals surface area contributed by atoms with E-state index < -0.39 is 0 Å². The van der Waals surface area contributed by atoms with Crippen molar-refractivity contribution in [3.8, 4) is 11.5 Å². The number of nitrogens with zero attached hydrogens (tertiary/aromatic N) is 1. The molecular formula is C22H22N2O3. The van der Waals surface area contributed by atoms with Gasteiger partial charge in [-0.3, -0.25) is 4.79 Å². The predicted octanol–water partition coefficient (Wildman–Crippen LogP) is 4.16. The molecule has 0 aliphatic carbocycles. The van der Waals surface area contributed by atoms with Gasteiger partial charge in [0.15, 0.2) is 6.61 Å². The summed E-state index contributed by atoms with van der Waals surface area (Å²) >= 11 is 0. The van der Waals surface area contributed by atoms with Gasteiger partial charge >= 0.3 is 0 Å². The molecule has 1 N–H and O–H groups in total. The Balaban J connectivity index is 1.54. The first-order valence-corrected chi connectivity index (χ1v) is 8.83. The van der Waals surface area contributed by atoms with Crippen molar-refractivity contribution in [2.24, 2.45) is 5.10 Å². The van der Waals surface area contributed by atoms with Crippen LogP contribution in [0.15, 0.2) is 71.8 Å². The van der Waals surface area contributed by atoms with E-state index in [0.29, 0.717) is 18.1 Å². The van der Waals surface area contributed by atoms with Crippen LogP contribution in [0.5, 0.6) is 11.5 Å². The van der Waals surface area contributed by atoms with Gasteiger partial charge in [-0.2, -0.15) is 5.10 Å². The summed E-state index contributed by atoms with van der Waals surface area (Å²) in [7, 11) is 0. The molecule has 0 aliphatic rings. The van der Waals surface area contributed by atoms with Crippen molar-refractivity contribution < 1.29 is 14.3 Å². The third-order valence-electron chi connectivity index (χ3n) is 4.02. The highest BCUT2D eigenvalue weighted by molar-refractivity contribution is 5.99. The van der Waals surface area contributed by atoms with Gasteiger partial charge in [-0.15, -0.1) is 0 Å². The van der Waals surface area contributed by atoms with E-state index in [4.69, 9.17) is 9.47 Å². The van der Waals surface area contributed by atoms with Crippen LogP contribution in [0, 0.1) is 0 Å². The average molecular weight is 362 g/mol. The quantitative estimate of drug-likeness (QED) is 0.507. The first-order chi connectivity index (χ1) is 13.2. The van der Waals surface area contributed by atoms with Gasteiger partial charge in [0.1, 0.15) is 11.5 Å². The summed E-state index contributed by atoms with van der Waals surface area (Å²) in [4.78, 5) is 12.0. The molecule has 3 aromatic carbocycles. The second-order valence-electron chi connectivity index (χ2n) is 5.99. The van der Waals surface area contributed by atoms with Crippen LogP contribution in [0.4, 0.5) is 0 Å². The number of hydrogen-bond donors (Lipinski definition) is 1. The van der Waals surface area contributed by atoms with E-state index >= 15 is 0 Å². The molecule has 0 unspecified atom stereocenters. The smallest absolute Gasteiger partial charge is 0.277 e. The molecule has 0 bridgehead atoms. The van der Waals surface area contributed by atoms with Crippen LogP contribution in [0.1, 0.15) is 19.4 Å². The Morgan fingerprint density at radius 2 is 1.63 bits per heavy atom. The summed E-state index contributed by atoms with van der Waals surface area (Å²) in [6.45, 7) is 4.30. The first kappa shape index (κ1) is 18.5. The molecule has 0 spiro atoms. The first-order valence-electron chi connectivity index (χ1n) is 8.83. The third kappa shape index (κ3) is 5.07. The van der Waals surface area contributed by atoms with Gasteiger partial charge in [0.25, 0.3) is 5.91 Å². The lowest BCUT2D eigenvalue weighted by atomic mass is 10.1. The normalized spacial score (nSPS) is 11.3. The maximum absolute atomic E-state index is 12.0. The van der Waals surface area contributed by atoms with Crippen molar-refractivity contribution >= 4 is 22.4 Å². The third-order valence-corrected chi connectivity index (χ3v) is 4.02. The second-order valence-corrected chi connectivity index (χ2v) is 5.99. The SMILES string of the molecule is CCOc1ccc(C(C)=NNC(=O)COc2ccc3ccccc3c2)cc1. The minimum absolute atomic E-state index is 0.0988. The van der Waals surface area contributed by atoms with Gasteiger partial charge in [-0.05, 0) is 66.6 Å². The number of amides is 1. The Bertz CT molecular complexity index is 949. The number of carbonyl (C=O) groups is 1. The maximum Gasteiger partial charge on any atom is 0.277 e. The molecule has 0 fully saturated rings. The number of hydrogen-bond acceptors (Lipinski definition) is 4. The second kappa shape index (κ2) is 8.85. The Morgan fingerprint density at radius 1 is 0.926 bits per heavy atom. The lowest BCUT2D eigenvalue weighted by molar-refractivity contribution is -0.123. The van der Waals surface area contributed by atoms with Gasteiger partial charge in [-0.25, -0.2) is 5.43 Å². The number of hydrazone groups is 1. The molecule has 138 valence electrons. The number of ether oxygens (including phenoxy) is 2. The molecule has 27 heavy (non-hydrogen) atoms. The Labute approximate surface area is 158 Å². The molecule has 3 rings (SSSR count). The Hall–Kier alpha value is -3.34. The van der Waals surface area contributed by atoms with Crippen molar-refractivity contribution in [2.45, 2.75) is 13.8 Å². The number of benzene rings is 3. The fourth-order valence-corrected chi connectivity index (χ4v) is 2.61. The molecule has 1 amide bonds. The summed E-state index contributed by atoms with van der Waals surface area (Å²) < 4.78 is 11.0. The Kier molecular flexibility index (Phi) is 6.05. The van der Waals surface area contributed by atoms with E-state index in [-0.39, 0.29) is 12.5 Å². The molecule has 0 aliphatic heterocycles. The summed E-state index contributed by atoms with van der Waals surface area (Å²) in [6.07, 6.45) is 0. The summed E-state index contributed by atoms with van der Waals surface area (Å²) in [5.74, 6) is 1.14. The number of carbonyl (C=O) groups excluding carboxylic acids is 1. The number of nitrogens with one attached hydrogen (secondary N) is 1. The van der Waals surface area contributed by atoms with E-state index in [9.17, 15) is 4.79 Å². The predicted molar refractivity (Wildman–Crippen MR) is 107 cm³/mol. The number of rotatable bonds is 7. The standard InChI is InChI=1S/C22H22N2O3/c1-3-26-20-11-8-17(9-12-20)16(2)23-24-22(25)15-27-21-13-10-18-6-4-5-7-19(18)14-21/h4-14H,3,15H2,1-2H3,(H,24,25). The van der Waals surface area contributed by atoms with Crippen LogP contribution >= 0.6 is 0 Å². The van der Waals surface area contributed by atoms with Crippen LogP contribution in [-0.4, -0.2) is 24.8 Å². The molecular weight excluding hydrogens is 340 g/mol. The monoisotopic (exact) mass is 362 g/mol. The van der Waals surface area contributed by atoms with Crippen LogP contribution in [0.2, 0.25) is 0 Å². The highest BCUT2D eigenvalue weighted by Gasteiger charge is 2.04. The topological polar surface area (TPSA) is 59.9 Å². The van der Waals surface area contributed by atoms with Crippen LogP contribution in [-0.2, 0) is 4.79 Å². The molecule has 5 heteroatoms. The molecule has 0 atom stereocenters.